The van der Waals surface area contributed by atoms with Crippen molar-refractivity contribution in [2.75, 3.05) is 11.5 Å². The number of nitrogens with one attached hydrogen (secondary N) is 1. The zero-order chi connectivity index (χ0) is 14.5. The topological polar surface area (TPSA) is 87.0 Å². The molecule has 1 rings (SSSR count). The Morgan fingerprint density at radius 1 is 1.37 bits per heavy atom. The molecule has 1 N–H and O–H groups in total. The molecule has 1 saturated heterocycles. The highest BCUT2D eigenvalue weighted by Crippen LogP contribution is 2.30. The molecule has 6 heteroatoms. The van der Waals surface area contributed by atoms with E-state index in [-0.39, 0.29) is 23.5 Å². The molecule has 0 bridgehead atoms. The lowest BCUT2D eigenvalue weighted by atomic mass is 9.79. The molecule has 1 aliphatic heterocycles. The van der Waals surface area contributed by atoms with Crippen molar-refractivity contribution in [3.05, 3.63) is 0 Å². The second-order valence-corrected chi connectivity index (χ2v) is 7.50. The zero-order valence-electron chi connectivity index (χ0n) is 11.6. The van der Waals surface area contributed by atoms with Crippen molar-refractivity contribution >= 4 is 15.7 Å². The van der Waals surface area contributed by atoms with Crippen LogP contribution in [0.3, 0.4) is 0 Å². The maximum Gasteiger partial charge on any atom is 0.240 e. The monoisotopic (exact) mass is 286 g/mol. The molecule has 1 amide bonds. The molecule has 0 aliphatic carbocycles. The maximum atomic E-state index is 12.3. The van der Waals surface area contributed by atoms with Crippen LogP contribution >= 0.6 is 0 Å². The van der Waals surface area contributed by atoms with Gasteiger partial charge in [-0.1, -0.05) is 26.7 Å². The predicted octanol–water partition coefficient (Wildman–Crippen LogP) is 1.40. The molecule has 0 saturated carbocycles. The molecule has 0 radical (unpaired) electrons. The third-order valence-electron chi connectivity index (χ3n) is 3.57. The van der Waals surface area contributed by atoms with Gasteiger partial charge < -0.3 is 5.32 Å². The summed E-state index contributed by atoms with van der Waals surface area (Å²) in [5, 5.41) is 12.1. The van der Waals surface area contributed by atoms with E-state index in [1.165, 1.54) is 0 Å². The number of rotatable bonds is 6. The van der Waals surface area contributed by atoms with E-state index in [1.54, 1.807) is 0 Å². The molecular formula is C13H22N2O3S. The molecule has 1 fully saturated rings. The fourth-order valence-electron chi connectivity index (χ4n) is 2.60. The Morgan fingerprint density at radius 2 is 1.95 bits per heavy atom. The summed E-state index contributed by atoms with van der Waals surface area (Å²) in [6.07, 6.45) is 2.99. The van der Waals surface area contributed by atoms with Crippen LogP contribution in [-0.2, 0) is 14.6 Å². The molecule has 5 nitrogen and oxygen atoms in total. The van der Waals surface area contributed by atoms with Crippen LogP contribution in [0.15, 0.2) is 0 Å². The highest BCUT2D eigenvalue weighted by Gasteiger charge is 2.39. The zero-order valence-corrected chi connectivity index (χ0v) is 12.4. The second-order valence-electron chi connectivity index (χ2n) is 5.27. The van der Waals surface area contributed by atoms with Gasteiger partial charge in [-0.25, -0.2) is 8.42 Å². The van der Waals surface area contributed by atoms with Gasteiger partial charge in [-0.05, 0) is 19.3 Å². The van der Waals surface area contributed by atoms with Crippen molar-refractivity contribution in [1.29, 1.82) is 5.26 Å². The van der Waals surface area contributed by atoms with Crippen LogP contribution in [0.2, 0.25) is 0 Å². The van der Waals surface area contributed by atoms with Crippen molar-refractivity contribution in [2.45, 2.75) is 52.0 Å². The molecule has 1 heterocycles. The first-order valence-corrected chi connectivity index (χ1v) is 8.64. The molecule has 0 spiro atoms. The van der Waals surface area contributed by atoms with E-state index in [4.69, 9.17) is 0 Å². The Morgan fingerprint density at radius 3 is 2.32 bits per heavy atom. The lowest BCUT2D eigenvalue weighted by molar-refractivity contribution is -0.129. The predicted molar refractivity (Wildman–Crippen MR) is 73.1 cm³/mol. The molecular weight excluding hydrogens is 264 g/mol. The van der Waals surface area contributed by atoms with E-state index in [9.17, 15) is 18.5 Å². The van der Waals surface area contributed by atoms with E-state index >= 15 is 0 Å². The Balaban J connectivity index is 2.76. The van der Waals surface area contributed by atoms with Crippen LogP contribution < -0.4 is 5.32 Å². The van der Waals surface area contributed by atoms with Gasteiger partial charge in [0, 0.05) is 6.04 Å². The number of sulfone groups is 1. The van der Waals surface area contributed by atoms with E-state index in [0.29, 0.717) is 19.3 Å². The van der Waals surface area contributed by atoms with Crippen molar-refractivity contribution in [3.8, 4) is 6.07 Å². The van der Waals surface area contributed by atoms with Gasteiger partial charge in [-0.3, -0.25) is 4.79 Å². The van der Waals surface area contributed by atoms with Gasteiger partial charge in [-0.15, -0.1) is 0 Å². The Labute approximate surface area is 115 Å². The van der Waals surface area contributed by atoms with Crippen molar-refractivity contribution in [3.63, 3.8) is 0 Å². The summed E-state index contributed by atoms with van der Waals surface area (Å²) in [5.74, 6) is -0.182. The summed E-state index contributed by atoms with van der Waals surface area (Å²) < 4.78 is 22.8. The molecule has 0 aromatic carbocycles. The van der Waals surface area contributed by atoms with E-state index in [2.05, 4.69) is 11.4 Å². The number of hydrogen-bond acceptors (Lipinski definition) is 4. The van der Waals surface area contributed by atoms with Gasteiger partial charge in [0.05, 0.1) is 17.6 Å². The summed E-state index contributed by atoms with van der Waals surface area (Å²) in [7, 11) is -3.02. The van der Waals surface area contributed by atoms with Crippen LogP contribution in [-0.4, -0.2) is 31.9 Å². The average Bonchev–Trinajstić information content (AvgIpc) is 2.68. The summed E-state index contributed by atoms with van der Waals surface area (Å²) in [4.78, 5) is 12.3. The minimum Gasteiger partial charge on any atom is -0.351 e. The summed E-state index contributed by atoms with van der Waals surface area (Å²) >= 11 is 0. The van der Waals surface area contributed by atoms with Crippen LogP contribution in [0.1, 0.15) is 46.0 Å². The molecule has 19 heavy (non-hydrogen) atoms. The third kappa shape index (κ3) is 3.93. The molecule has 108 valence electrons. The largest absolute Gasteiger partial charge is 0.351 e. The second kappa shape index (κ2) is 6.38. The SMILES string of the molecule is CCCC(C#N)(CCC)C(=O)NC1CCS(=O)(=O)C1. The summed E-state index contributed by atoms with van der Waals surface area (Å²) in [6.45, 7) is 3.88. The fraction of sp³-hybridized carbons (Fsp3) is 0.846. The minimum absolute atomic E-state index is 0.00149. The average molecular weight is 286 g/mol. The minimum atomic E-state index is -3.02. The standard InChI is InChI=1S/C13H22N2O3S/c1-3-6-13(10-14,7-4-2)12(16)15-11-5-8-19(17,18)9-11/h11H,3-9H2,1-2H3,(H,15,16). The van der Waals surface area contributed by atoms with Gasteiger partial charge in [-0.2, -0.15) is 5.26 Å². The lowest BCUT2D eigenvalue weighted by Gasteiger charge is -2.26. The normalized spacial score (nSPS) is 21.8. The number of amides is 1. The quantitative estimate of drug-likeness (QED) is 0.799. The third-order valence-corrected chi connectivity index (χ3v) is 5.34. The number of nitriles is 1. The van der Waals surface area contributed by atoms with Crippen LogP contribution in [0.4, 0.5) is 0 Å². The smallest absolute Gasteiger partial charge is 0.240 e. The summed E-state index contributed by atoms with van der Waals surface area (Å²) in [5.41, 5.74) is -1.00. The molecule has 1 aliphatic rings. The Bertz CT molecular complexity index is 459. The van der Waals surface area contributed by atoms with E-state index in [1.807, 2.05) is 13.8 Å². The molecule has 1 atom stereocenters. The van der Waals surface area contributed by atoms with Crippen molar-refractivity contribution in [1.82, 2.24) is 5.32 Å². The highest BCUT2D eigenvalue weighted by molar-refractivity contribution is 7.91. The van der Waals surface area contributed by atoms with Crippen LogP contribution in [0.25, 0.3) is 0 Å². The number of nitrogens with zero attached hydrogens (tertiary/aromatic N) is 1. The van der Waals surface area contributed by atoms with Gasteiger partial charge in [0.1, 0.15) is 5.41 Å². The molecule has 1 unspecified atom stereocenters. The first-order valence-electron chi connectivity index (χ1n) is 6.81. The fourth-order valence-corrected chi connectivity index (χ4v) is 4.27. The van der Waals surface area contributed by atoms with Crippen LogP contribution in [0.5, 0.6) is 0 Å². The number of carbonyl (C=O) groups excluding carboxylic acids is 1. The van der Waals surface area contributed by atoms with Gasteiger partial charge >= 0.3 is 0 Å². The van der Waals surface area contributed by atoms with E-state index in [0.717, 1.165) is 12.8 Å². The van der Waals surface area contributed by atoms with Crippen molar-refractivity contribution < 1.29 is 13.2 Å². The van der Waals surface area contributed by atoms with Crippen LogP contribution in [0, 0.1) is 16.7 Å². The van der Waals surface area contributed by atoms with Gasteiger partial charge in [0.25, 0.3) is 0 Å². The number of hydrogen-bond donors (Lipinski definition) is 1. The Hall–Kier alpha value is -1.09. The van der Waals surface area contributed by atoms with E-state index < -0.39 is 15.3 Å². The molecule has 0 aromatic rings. The Kier molecular flexibility index (Phi) is 5.36. The highest BCUT2D eigenvalue weighted by atomic mass is 32.2. The molecule has 0 aromatic heterocycles. The first kappa shape index (κ1) is 16.0. The van der Waals surface area contributed by atoms with Gasteiger partial charge in [0.2, 0.25) is 5.91 Å². The number of carbonyl (C=O) groups is 1. The van der Waals surface area contributed by atoms with Gasteiger partial charge in [0.15, 0.2) is 9.84 Å². The summed E-state index contributed by atoms with van der Waals surface area (Å²) in [6, 6.07) is 1.82. The van der Waals surface area contributed by atoms with Crippen molar-refractivity contribution in [2.24, 2.45) is 5.41 Å². The maximum absolute atomic E-state index is 12.3. The first-order chi connectivity index (χ1) is 8.89. The lowest BCUT2D eigenvalue weighted by Crippen LogP contribution is -2.45.